The lowest BCUT2D eigenvalue weighted by Gasteiger charge is -2.12. The molecule has 1 aromatic heterocycles. The number of amides is 1. The van der Waals surface area contributed by atoms with Crippen LogP contribution in [0.1, 0.15) is 16.6 Å². The summed E-state index contributed by atoms with van der Waals surface area (Å²) in [4.78, 5) is 34.4. The zero-order valence-electron chi connectivity index (χ0n) is 13.1. The number of ether oxygens (including phenoxy) is 2. The number of esters is 1. The van der Waals surface area contributed by atoms with E-state index in [4.69, 9.17) is 9.47 Å². The standard InChI is InChI=1S/C15H16N2O6S/c1-9(14(18)16-5-6-22-2)23-15(19)13-8-10-7-11(17(20)21)3-4-12(10)24-13/h3-4,7-9H,5-6H2,1-2H3,(H,16,18)/t9-/m0/s1. The van der Waals surface area contributed by atoms with E-state index in [2.05, 4.69) is 5.32 Å². The number of methoxy groups -OCH3 is 1. The Morgan fingerprint density at radius 3 is 2.79 bits per heavy atom. The molecule has 0 bridgehead atoms. The van der Waals surface area contributed by atoms with Crippen molar-refractivity contribution in [3.8, 4) is 0 Å². The number of hydrogen-bond acceptors (Lipinski definition) is 7. The highest BCUT2D eigenvalue weighted by atomic mass is 32.1. The van der Waals surface area contributed by atoms with Gasteiger partial charge in [0.1, 0.15) is 4.88 Å². The quantitative estimate of drug-likeness (QED) is 0.354. The number of rotatable bonds is 7. The van der Waals surface area contributed by atoms with Crippen molar-refractivity contribution in [2.75, 3.05) is 20.3 Å². The van der Waals surface area contributed by atoms with Crippen LogP contribution in [-0.2, 0) is 14.3 Å². The Labute approximate surface area is 141 Å². The second kappa shape index (κ2) is 7.84. The number of benzene rings is 1. The molecule has 2 rings (SSSR count). The van der Waals surface area contributed by atoms with Gasteiger partial charge in [-0.25, -0.2) is 4.79 Å². The summed E-state index contributed by atoms with van der Waals surface area (Å²) in [5.74, 6) is -1.06. The largest absolute Gasteiger partial charge is 0.448 e. The first-order valence-corrected chi connectivity index (χ1v) is 7.89. The molecule has 1 aromatic carbocycles. The van der Waals surface area contributed by atoms with E-state index >= 15 is 0 Å². The number of nitrogens with zero attached hydrogens (tertiary/aromatic N) is 1. The van der Waals surface area contributed by atoms with Crippen molar-refractivity contribution >= 4 is 39.0 Å². The van der Waals surface area contributed by atoms with Crippen molar-refractivity contribution < 1.29 is 24.0 Å². The Kier molecular flexibility index (Phi) is 5.83. The smallest absolute Gasteiger partial charge is 0.349 e. The molecule has 0 aliphatic heterocycles. The molecule has 0 saturated carbocycles. The number of carbonyl (C=O) groups is 2. The fourth-order valence-corrected chi connectivity index (χ4v) is 2.86. The summed E-state index contributed by atoms with van der Waals surface area (Å²) in [5, 5.41) is 13.9. The maximum Gasteiger partial charge on any atom is 0.349 e. The minimum absolute atomic E-state index is 0.0499. The molecule has 2 aromatic rings. The number of hydrogen-bond donors (Lipinski definition) is 1. The zero-order chi connectivity index (χ0) is 17.7. The van der Waals surface area contributed by atoms with E-state index in [-0.39, 0.29) is 10.6 Å². The van der Waals surface area contributed by atoms with Crippen LogP contribution in [0.25, 0.3) is 10.1 Å². The highest BCUT2D eigenvalue weighted by molar-refractivity contribution is 7.20. The van der Waals surface area contributed by atoms with Crippen LogP contribution in [0, 0.1) is 10.1 Å². The maximum absolute atomic E-state index is 12.1. The molecule has 24 heavy (non-hydrogen) atoms. The molecular formula is C15H16N2O6S. The van der Waals surface area contributed by atoms with Gasteiger partial charge in [0.15, 0.2) is 6.10 Å². The van der Waals surface area contributed by atoms with Gasteiger partial charge in [-0.2, -0.15) is 0 Å². The van der Waals surface area contributed by atoms with Gasteiger partial charge >= 0.3 is 5.97 Å². The van der Waals surface area contributed by atoms with Crippen molar-refractivity contribution in [3.05, 3.63) is 39.3 Å². The van der Waals surface area contributed by atoms with E-state index in [9.17, 15) is 19.7 Å². The van der Waals surface area contributed by atoms with E-state index in [0.29, 0.717) is 18.5 Å². The fraction of sp³-hybridized carbons (Fsp3) is 0.333. The molecular weight excluding hydrogens is 336 g/mol. The monoisotopic (exact) mass is 352 g/mol. The number of nitrogens with one attached hydrogen (secondary N) is 1. The first-order valence-electron chi connectivity index (χ1n) is 7.08. The lowest BCUT2D eigenvalue weighted by atomic mass is 10.2. The van der Waals surface area contributed by atoms with Crippen LogP contribution < -0.4 is 5.32 Å². The summed E-state index contributed by atoms with van der Waals surface area (Å²) in [6, 6.07) is 5.87. The van der Waals surface area contributed by atoms with Gasteiger partial charge < -0.3 is 14.8 Å². The summed E-state index contributed by atoms with van der Waals surface area (Å²) in [7, 11) is 1.52. The lowest BCUT2D eigenvalue weighted by Crippen LogP contribution is -2.37. The van der Waals surface area contributed by atoms with Crippen LogP contribution >= 0.6 is 11.3 Å². The Hall–Kier alpha value is -2.52. The van der Waals surface area contributed by atoms with E-state index < -0.39 is 22.9 Å². The summed E-state index contributed by atoms with van der Waals surface area (Å²) in [6.07, 6.45) is -0.950. The van der Waals surface area contributed by atoms with Crippen molar-refractivity contribution in [1.82, 2.24) is 5.32 Å². The normalized spacial score (nSPS) is 11.9. The Morgan fingerprint density at radius 1 is 1.38 bits per heavy atom. The molecule has 0 aliphatic carbocycles. The van der Waals surface area contributed by atoms with E-state index in [1.165, 1.54) is 32.2 Å². The molecule has 128 valence electrons. The van der Waals surface area contributed by atoms with Gasteiger partial charge in [0.05, 0.1) is 11.5 Å². The number of nitro benzene ring substituents is 1. The number of fused-ring (bicyclic) bond motifs is 1. The summed E-state index contributed by atoms with van der Waals surface area (Å²) in [6.45, 7) is 2.16. The van der Waals surface area contributed by atoms with Gasteiger partial charge in [-0.1, -0.05) is 0 Å². The van der Waals surface area contributed by atoms with Crippen molar-refractivity contribution in [3.63, 3.8) is 0 Å². The third-order valence-corrected chi connectivity index (χ3v) is 4.27. The third kappa shape index (κ3) is 4.27. The average Bonchev–Trinajstić information content (AvgIpc) is 2.98. The van der Waals surface area contributed by atoms with Crippen LogP contribution in [0.2, 0.25) is 0 Å². The van der Waals surface area contributed by atoms with Gasteiger partial charge in [0.25, 0.3) is 11.6 Å². The molecule has 9 heteroatoms. The fourth-order valence-electron chi connectivity index (χ4n) is 1.94. The Bertz CT molecular complexity index is 772. The molecule has 0 radical (unpaired) electrons. The van der Waals surface area contributed by atoms with Crippen LogP contribution in [0.15, 0.2) is 24.3 Å². The van der Waals surface area contributed by atoms with Crippen molar-refractivity contribution in [2.24, 2.45) is 0 Å². The first-order chi connectivity index (χ1) is 11.4. The number of carbonyl (C=O) groups excluding carboxylic acids is 2. The number of non-ortho nitro benzene ring substituents is 1. The minimum atomic E-state index is -0.950. The lowest BCUT2D eigenvalue weighted by molar-refractivity contribution is -0.384. The van der Waals surface area contributed by atoms with Gasteiger partial charge in [0, 0.05) is 35.9 Å². The zero-order valence-corrected chi connectivity index (χ0v) is 13.9. The molecule has 1 amide bonds. The molecule has 8 nitrogen and oxygen atoms in total. The molecule has 0 fully saturated rings. The molecule has 1 heterocycles. The van der Waals surface area contributed by atoms with Gasteiger partial charge in [-0.15, -0.1) is 11.3 Å². The number of thiophene rings is 1. The molecule has 1 N–H and O–H groups in total. The molecule has 1 atom stereocenters. The summed E-state index contributed by atoms with van der Waals surface area (Å²) in [5.41, 5.74) is -0.0499. The maximum atomic E-state index is 12.1. The van der Waals surface area contributed by atoms with Gasteiger partial charge in [-0.05, 0) is 19.1 Å². The molecule has 0 spiro atoms. The molecule has 0 saturated heterocycles. The first kappa shape index (κ1) is 17.8. The number of nitro groups is 1. The third-order valence-electron chi connectivity index (χ3n) is 3.17. The van der Waals surface area contributed by atoms with E-state index in [1.807, 2.05) is 0 Å². The van der Waals surface area contributed by atoms with Crippen LogP contribution in [-0.4, -0.2) is 43.2 Å². The van der Waals surface area contributed by atoms with Gasteiger partial charge in [0.2, 0.25) is 0 Å². The SMILES string of the molecule is COCCNC(=O)[C@H](C)OC(=O)c1cc2cc([N+](=O)[O-])ccc2s1. The summed E-state index contributed by atoms with van der Waals surface area (Å²) >= 11 is 1.15. The topological polar surface area (TPSA) is 108 Å². The van der Waals surface area contributed by atoms with E-state index in [1.54, 1.807) is 6.07 Å². The van der Waals surface area contributed by atoms with E-state index in [0.717, 1.165) is 16.0 Å². The Balaban J connectivity index is 2.05. The van der Waals surface area contributed by atoms with Crippen molar-refractivity contribution in [1.29, 1.82) is 0 Å². The highest BCUT2D eigenvalue weighted by Crippen LogP contribution is 2.29. The summed E-state index contributed by atoms with van der Waals surface area (Å²) < 4.78 is 10.7. The average molecular weight is 352 g/mol. The Morgan fingerprint density at radius 2 is 2.12 bits per heavy atom. The van der Waals surface area contributed by atoms with Crippen LogP contribution in [0.4, 0.5) is 5.69 Å². The predicted molar refractivity (Wildman–Crippen MR) is 88.2 cm³/mol. The van der Waals surface area contributed by atoms with Crippen molar-refractivity contribution in [2.45, 2.75) is 13.0 Å². The predicted octanol–water partition coefficient (Wildman–Crippen LogP) is 2.12. The van der Waals surface area contributed by atoms with Crippen LogP contribution in [0.3, 0.4) is 0 Å². The second-order valence-electron chi connectivity index (χ2n) is 4.92. The molecule has 0 aliphatic rings. The van der Waals surface area contributed by atoms with Crippen LogP contribution in [0.5, 0.6) is 0 Å². The second-order valence-corrected chi connectivity index (χ2v) is 6.01. The minimum Gasteiger partial charge on any atom is -0.448 e. The van der Waals surface area contributed by atoms with Gasteiger partial charge in [-0.3, -0.25) is 14.9 Å². The molecule has 0 unspecified atom stereocenters. The highest BCUT2D eigenvalue weighted by Gasteiger charge is 2.20.